The monoisotopic (exact) mass is 194 g/mol. The van der Waals surface area contributed by atoms with Crippen molar-refractivity contribution in [1.82, 2.24) is 0 Å². The van der Waals surface area contributed by atoms with Crippen molar-refractivity contribution in [3.8, 4) is 0 Å². The number of aliphatic hydroxyl groups excluding tert-OH is 1. The fourth-order valence-corrected chi connectivity index (χ4v) is 1.37. The molecule has 0 amide bonds. The minimum absolute atomic E-state index is 0.135. The predicted molar refractivity (Wildman–Crippen MR) is 56.6 cm³/mol. The van der Waals surface area contributed by atoms with E-state index in [-0.39, 0.29) is 12.4 Å². The van der Waals surface area contributed by atoms with Crippen LogP contribution in [0.5, 0.6) is 0 Å². The van der Waals surface area contributed by atoms with Crippen molar-refractivity contribution in [3.05, 3.63) is 40.7 Å². The molecule has 0 fully saturated rings. The molecule has 0 radical (unpaired) electrons. The van der Waals surface area contributed by atoms with Gasteiger partial charge < -0.3 is 5.11 Å². The molecule has 0 aliphatic heterocycles. The minimum atomic E-state index is -0.135. The fraction of sp³-hybridized carbons (Fsp3) is 0.333. The van der Waals surface area contributed by atoms with Crippen molar-refractivity contribution in [2.45, 2.75) is 20.3 Å². The first-order valence-corrected chi connectivity index (χ1v) is 4.69. The van der Waals surface area contributed by atoms with Crippen molar-refractivity contribution in [2.75, 3.05) is 6.61 Å². The second-order valence-corrected chi connectivity index (χ2v) is 3.38. The lowest BCUT2D eigenvalue weighted by Crippen LogP contribution is -1.89. The predicted octanol–water partition coefficient (Wildman–Crippen LogP) is 2.84. The maximum Gasteiger partial charge on any atom is 0.129 e. The lowest BCUT2D eigenvalue weighted by molar-refractivity contribution is 0.303. The first kappa shape index (κ1) is 10.9. The molecule has 0 bridgehead atoms. The molecule has 0 unspecified atom stereocenters. The van der Waals surface area contributed by atoms with Crippen molar-refractivity contribution >= 4 is 6.08 Å². The summed E-state index contributed by atoms with van der Waals surface area (Å²) in [7, 11) is 0. The summed E-state index contributed by atoms with van der Waals surface area (Å²) in [5, 5.41) is 8.59. The minimum Gasteiger partial charge on any atom is -0.396 e. The largest absolute Gasteiger partial charge is 0.396 e. The Morgan fingerprint density at radius 2 is 1.86 bits per heavy atom. The second kappa shape index (κ2) is 4.91. The number of benzene rings is 1. The standard InChI is InChI=1S/C12H15FO/c1-9-7-11(5-3-4-6-14)8-10(2)12(9)13/h3,5,7-8,14H,4,6H2,1-2H3. The molecule has 0 heterocycles. The molecule has 0 atom stereocenters. The summed E-state index contributed by atoms with van der Waals surface area (Å²) >= 11 is 0. The van der Waals surface area contributed by atoms with E-state index in [0.29, 0.717) is 17.5 Å². The molecule has 0 spiro atoms. The second-order valence-electron chi connectivity index (χ2n) is 3.38. The molecular formula is C12H15FO. The number of aliphatic hydroxyl groups is 1. The number of aryl methyl sites for hydroxylation is 2. The third kappa shape index (κ3) is 2.67. The van der Waals surface area contributed by atoms with Crippen LogP contribution in [0.25, 0.3) is 6.08 Å². The maximum absolute atomic E-state index is 13.2. The lowest BCUT2D eigenvalue weighted by Gasteiger charge is -2.02. The van der Waals surface area contributed by atoms with E-state index in [9.17, 15) is 4.39 Å². The third-order valence-electron chi connectivity index (χ3n) is 2.06. The highest BCUT2D eigenvalue weighted by atomic mass is 19.1. The van der Waals surface area contributed by atoms with Crippen molar-refractivity contribution in [1.29, 1.82) is 0 Å². The quantitative estimate of drug-likeness (QED) is 0.784. The zero-order valence-electron chi connectivity index (χ0n) is 8.55. The first-order chi connectivity index (χ1) is 6.65. The van der Waals surface area contributed by atoms with Crippen LogP contribution in [0.4, 0.5) is 4.39 Å². The van der Waals surface area contributed by atoms with Gasteiger partial charge in [0.2, 0.25) is 0 Å². The van der Waals surface area contributed by atoms with Crippen molar-refractivity contribution in [3.63, 3.8) is 0 Å². The normalized spacial score (nSPS) is 11.1. The Bertz CT molecular complexity index is 319. The zero-order valence-corrected chi connectivity index (χ0v) is 8.55. The van der Waals surface area contributed by atoms with Crippen LogP contribution in [0.15, 0.2) is 18.2 Å². The third-order valence-corrected chi connectivity index (χ3v) is 2.06. The molecular weight excluding hydrogens is 179 g/mol. The topological polar surface area (TPSA) is 20.2 Å². The van der Waals surface area contributed by atoms with Gasteiger partial charge in [0.05, 0.1) is 0 Å². The molecule has 0 saturated heterocycles. The highest BCUT2D eigenvalue weighted by Crippen LogP contribution is 2.15. The molecule has 0 aliphatic carbocycles. The van der Waals surface area contributed by atoms with Gasteiger partial charge in [0.1, 0.15) is 5.82 Å². The van der Waals surface area contributed by atoms with Crippen LogP contribution in [0.3, 0.4) is 0 Å². The summed E-state index contributed by atoms with van der Waals surface area (Å²) in [6, 6.07) is 3.60. The molecule has 76 valence electrons. The van der Waals surface area contributed by atoms with Gasteiger partial charge in [-0.1, -0.05) is 12.2 Å². The van der Waals surface area contributed by atoms with E-state index in [1.807, 2.05) is 12.2 Å². The van der Waals surface area contributed by atoms with Crippen molar-refractivity contribution in [2.24, 2.45) is 0 Å². The summed E-state index contributed by atoms with van der Waals surface area (Å²) in [6.45, 7) is 3.66. The van der Waals surface area contributed by atoms with Gasteiger partial charge in [0, 0.05) is 6.61 Å². The fourth-order valence-electron chi connectivity index (χ4n) is 1.37. The van der Waals surface area contributed by atoms with E-state index >= 15 is 0 Å². The Morgan fingerprint density at radius 1 is 1.29 bits per heavy atom. The number of hydrogen-bond donors (Lipinski definition) is 1. The molecule has 1 N–H and O–H groups in total. The lowest BCUT2D eigenvalue weighted by atomic mass is 10.1. The van der Waals surface area contributed by atoms with Crippen molar-refractivity contribution < 1.29 is 9.50 Å². The Morgan fingerprint density at radius 3 is 2.36 bits per heavy atom. The summed E-state index contributed by atoms with van der Waals surface area (Å²) in [5.74, 6) is -0.135. The Kier molecular flexibility index (Phi) is 3.84. The van der Waals surface area contributed by atoms with E-state index in [1.165, 1.54) is 0 Å². The van der Waals surface area contributed by atoms with Gasteiger partial charge in [-0.15, -0.1) is 0 Å². The van der Waals surface area contributed by atoms with Crippen LogP contribution in [-0.2, 0) is 0 Å². The van der Waals surface area contributed by atoms with Gasteiger partial charge >= 0.3 is 0 Å². The summed E-state index contributed by atoms with van der Waals surface area (Å²) < 4.78 is 13.2. The molecule has 0 aliphatic rings. The first-order valence-electron chi connectivity index (χ1n) is 4.69. The van der Waals surface area contributed by atoms with Gasteiger partial charge in [-0.25, -0.2) is 4.39 Å². The van der Waals surface area contributed by atoms with Gasteiger partial charge in [0.25, 0.3) is 0 Å². The van der Waals surface area contributed by atoms with Gasteiger partial charge in [0.15, 0.2) is 0 Å². The number of halogens is 1. The highest BCUT2D eigenvalue weighted by Gasteiger charge is 2.01. The van der Waals surface area contributed by atoms with E-state index in [2.05, 4.69) is 0 Å². The Labute approximate surface area is 83.9 Å². The molecule has 0 aromatic heterocycles. The van der Waals surface area contributed by atoms with Gasteiger partial charge in [-0.05, 0) is 49.1 Å². The smallest absolute Gasteiger partial charge is 0.129 e. The molecule has 14 heavy (non-hydrogen) atoms. The number of rotatable bonds is 3. The summed E-state index contributed by atoms with van der Waals surface area (Å²) in [4.78, 5) is 0. The van der Waals surface area contributed by atoms with Gasteiger partial charge in [-0.3, -0.25) is 0 Å². The molecule has 1 aromatic rings. The van der Waals surface area contributed by atoms with Crippen LogP contribution < -0.4 is 0 Å². The van der Waals surface area contributed by atoms with Crippen LogP contribution >= 0.6 is 0 Å². The maximum atomic E-state index is 13.2. The molecule has 1 rings (SSSR count). The van der Waals surface area contributed by atoms with E-state index < -0.39 is 0 Å². The van der Waals surface area contributed by atoms with Crippen LogP contribution in [0.2, 0.25) is 0 Å². The van der Waals surface area contributed by atoms with Crippen LogP contribution in [0, 0.1) is 19.7 Å². The molecule has 1 nitrogen and oxygen atoms in total. The number of hydrogen-bond acceptors (Lipinski definition) is 1. The Balaban J connectivity index is 2.89. The average molecular weight is 194 g/mol. The van der Waals surface area contributed by atoms with E-state index in [4.69, 9.17) is 5.11 Å². The van der Waals surface area contributed by atoms with Gasteiger partial charge in [-0.2, -0.15) is 0 Å². The van der Waals surface area contributed by atoms with E-state index in [1.54, 1.807) is 26.0 Å². The molecule has 1 aromatic carbocycles. The average Bonchev–Trinajstić information content (AvgIpc) is 2.14. The zero-order chi connectivity index (χ0) is 10.6. The molecule has 2 heteroatoms. The molecule has 0 saturated carbocycles. The van der Waals surface area contributed by atoms with Crippen LogP contribution in [-0.4, -0.2) is 11.7 Å². The highest BCUT2D eigenvalue weighted by molar-refractivity contribution is 5.52. The summed E-state index contributed by atoms with van der Waals surface area (Å²) in [5.41, 5.74) is 2.30. The Hall–Kier alpha value is -1.15. The van der Waals surface area contributed by atoms with Crippen LogP contribution in [0.1, 0.15) is 23.1 Å². The summed E-state index contributed by atoms with van der Waals surface area (Å²) in [6.07, 6.45) is 4.41. The van der Waals surface area contributed by atoms with E-state index in [0.717, 1.165) is 5.56 Å². The SMILES string of the molecule is Cc1cc(C=CCCO)cc(C)c1F.